The molecule has 2 rings (SSSR count). The molecule has 4 nitrogen and oxygen atoms in total. The summed E-state index contributed by atoms with van der Waals surface area (Å²) in [7, 11) is 2.06. The number of anilines is 1. The molecule has 4 heteroatoms. The van der Waals surface area contributed by atoms with Crippen molar-refractivity contribution >= 4 is 16.8 Å². The van der Waals surface area contributed by atoms with E-state index >= 15 is 0 Å². The third kappa shape index (κ3) is 2.26. The van der Waals surface area contributed by atoms with Gasteiger partial charge in [-0.05, 0) is 18.1 Å². The predicted octanol–water partition coefficient (Wildman–Crippen LogP) is 2.25. The van der Waals surface area contributed by atoms with Gasteiger partial charge in [0.15, 0.2) is 12.0 Å². The molecule has 0 saturated heterocycles. The summed E-state index contributed by atoms with van der Waals surface area (Å²) in [4.78, 5) is 6.31. The Balaban J connectivity index is 2.31. The quantitative estimate of drug-likeness (QED) is 0.880. The van der Waals surface area contributed by atoms with Crippen LogP contribution >= 0.6 is 0 Å². The summed E-state index contributed by atoms with van der Waals surface area (Å²) in [6.07, 6.45) is 1.47. The second kappa shape index (κ2) is 4.75. The highest BCUT2D eigenvalue weighted by Crippen LogP contribution is 2.23. The number of hydrogen-bond acceptors (Lipinski definition) is 4. The highest BCUT2D eigenvalue weighted by molar-refractivity contribution is 5.77. The lowest BCUT2D eigenvalue weighted by molar-refractivity contribution is 0.480. The van der Waals surface area contributed by atoms with Crippen LogP contribution in [-0.2, 0) is 0 Å². The Morgan fingerprint density at radius 1 is 1.41 bits per heavy atom. The molecule has 2 N–H and O–H groups in total. The molecule has 0 aliphatic carbocycles. The highest BCUT2D eigenvalue weighted by Gasteiger charge is 2.17. The second-order valence-electron chi connectivity index (χ2n) is 4.66. The molecule has 1 heterocycles. The molecule has 0 aliphatic heterocycles. The number of fused-ring (bicyclic) bond motifs is 1. The normalized spacial score (nSPS) is 13.2. The van der Waals surface area contributed by atoms with Crippen molar-refractivity contribution in [2.24, 2.45) is 11.7 Å². The van der Waals surface area contributed by atoms with Gasteiger partial charge in [-0.1, -0.05) is 13.8 Å². The number of nitrogens with two attached hydrogens (primary N) is 1. The van der Waals surface area contributed by atoms with E-state index in [1.165, 1.54) is 6.39 Å². The van der Waals surface area contributed by atoms with Gasteiger partial charge in [-0.25, -0.2) is 4.98 Å². The average Bonchev–Trinajstić information content (AvgIpc) is 2.75. The van der Waals surface area contributed by atoms with Crippen molar-refractivity contribution in [2.45, 2.75) is 19.9 Å². The van der Waals surface area contributed by atoms with Gasteiger partial charge in [0.1, 0.15) is 5.52 Å². The predicted molar refractivity (Wildman–Crippen MR) is 70.1 cm³/mol. The van der Waals surface area contributed by atoms with Crippen LogP contribution in [0.25, 0.3) is 11.1 Å². The Bertz CT molecular complexity index is 492. The lowest BCUT2D eigenvalue weighted by Gasteiger charge is -2.32. The van der Waals surface area contributed by atoms with Crippen LogP contribution in [0.4, 0.5) is 5.69 Å². The lowest BCUT2D eigenvalue weighted by atomic mass is 10.0. The third-order valence-electron chi connectivity index (χ3n) is 3.23. The number of rotatable bonds is 4. The maximum atomic E-state index is 5.83. The zero-order chi connectivity index (χ0) is 12.4. The average molecular weight is 233 g/mol. The molecule has 0 radical (unpaired) electrons. The fraction of sp³-hybridized carbons (Fsp3) is 0.462. The minimum Gasteiger partial charge on any atom is -0.443 e. The number of nitrogens with zero attached hydrogens (tertiary/aromatic N) is 2. The zero-order valence-electron chi connectivity index (χ0n) is 10.6. The topological polar surface area (TPSA) is 55.3 Å². The third-order valence-corrected chi connectivity index (χ3v) is 3.23. The molecule has 1 aromatic carbocycles. The number of benzene rings is 1. The van der Waals surface area contributed by atoms with Crippen LogP contribution < -0.4 is 10.6 Å². The van der Waals surface area contributed by atoms with Gasteiger partial charge in [-0.2, -0.15) is 0 Å². The van der Waals surface area contributed by atoms with Gasteiger partial charge in [0, 0.05) is 31.4 Å². The number of likely N-dealkylation sites (N-methyl/N-ethyl adjacent to an activating group) is 1. The van der Waals surface area contributed by atoms with E-state index in [4.69, 9.17) is 10.2 Å². The number of aromatic nitrogens is 1. The van der Waals surface area contributed by atoms with Crippen LogP contribution in [-0.4, -0.2) is 24.6 Å². The molecular weight excluding hydrogens is 214 g/mol. The van der Waals surface area contributed by atoms with Crippen molar-refractivity contribution in [1.82, 2.24) is 4.98 Å². The van der Waals surface area contributed by atoms with Crippen molar-refractivity contribution in [2.75, 3.05) is 18.5 Å². The molecule has 0 spiro atoms. The first kappa shape index (κ1) is 11.9. The minimum absolute atomic E-state index is 0.329. The largest absolute Gasteiger partial charge is 0.443 e. The summed E-state index contributed by atoms with van der Waals surface area (Å²) >= 11 is 0. The molecule has 0 bridgehead atoms. The fourth-order valence-electron chi connectivity index (χ4n) is 2.13. The Morgan fingerprint density at radius 3 is 2.82 bits per heavy atom. The Morgan fingerprint density at radius 2 is 2.18 bits per heavy atom. The molecule has 0 amide bonds. The van der Waals surface area contributed by atoms with Crippen molar-refractivity contribution in [3.8, 4) is 0 Å². The molecule has 1 unspecified atom stereocenters. The van der Waals surface area contributed by atoms with Gasteiger partial charge in [0.05, 0.1) is 0 Å². The fourth-order valence-corrected chi connectivity index (χ4v) is 2.13. The summed E-state index contributed by atoms with van der Waals surface area (Å²) < 4.78 is 5.31. The first-order chi connectivity index (χ1) is 8.13. The lowest BCUT2D eigenvalue weighted by Crippen LogP contribution is -2.41. The first-order valence-electron chi connectivity index (χ1n) is 5.89. The maximum Gasteiger partial charge on any atom is 0.181 e. The van der Waals surface area contributed by atoms with E-state index in [1.807, 2.05) is 12.1 Å². The summed E-state index contributed by atoms with van der Waals surface area (Å²) in [6, 6.07) is 6.36. The molecule has 2 aromatic rings. The van der Waals surface area contributed by atoms with Crippen LogP contribution in [0, 0.1) is 5.92 Å². The molecule has 0 saturated carbocycles. The van der Waals surface area contributed by atoms with Gasteiger partial charge in [0.25, 0.3) is 0 Å². The summed E-state index contributed by atoms with van der Waals surface area (Å²) in [5.74, 6) is 0.510. The van der Waals surface area contributed by atoms with Crippen LogP contribution in [0.1, 0.15) is 13.8 Å². The molecule has 0 fully saturated rings. The van der Waals surface area contributed by atoms with Gasteiger partial charge in [-0.15, -0.1) is 0 Å². The van der Waals surface area contributed by atoms with Crippen molar-refractivity contribution < 1.29 is 4.42 Å². The summed E-state index contributed by atoms with van der Waals surface area (Å²) in [5.41, 5.74) is 8.64. The van der Waals surface area contributed by atoms with Crippen molar-refractivity contribution in [1.29, 1.82) is 0 Å². The van der Waals surface area contributed by atoms with Crippen LogP contribution in [0.15, 0.2) is 29.0 Å². The number of hydrogen-bond donors (Lipinski definition) is 1. The van der Waals surface area contributed by atoms with Crippen LogP contribution in [0.5, 0.6) is 0 Å². The molecule has 1 atom stereocenters. The Hall–Kier alpha value is -1.55. The molecule has 1 aromatic heterocycles. The SMILES string of the molecule is CC(C)C(CN)N(C)c1ccc2ncoc2c1. The van der Waals surface area contributed by atoms with Gasteiger partial charge in [-0.3, -0.25) is 0 Å². The smallest absolute Gasteiger partial charge is 0.181 e. The van der Waals surface area contributed by atoms with E-state index in [9.17, 15) is 0 Å². The minimum atomic E-state index is 0.329. The molecular formula is C13H19N3O. The number of oxazole rings is 1. The van der Waals surface area contributed by atoms with Crippen molar-refractivity contribution in [3.63, 3.8) is 0 Å². The highest BCUT2D eigenvalue weighted by atomic mass is 16.3. The van der Waals surface area contributed by atoms with E-state index in [-0.39, 0.29) is 0 Å². The maximum absolute atomic E-state index is 5.83. The van der Waals surface area contributed by atoms with Crippen LogP contribution in [0.3, 0.4) is 0 Å². The van der Waals surface area contributed by atoms with E-state index < -0.39 is 0 Å². The Kier molecular flexibility index (Phi) is 3.33. The molecule has 17 heavy (non-hydrogen) atoms. The van der Waals surface area contributed by atoms with Gasteiger partial charge in [0.2, 0.25) is 0 Å². The molecule has 92 valence electrons. The Labute approximate surface area is 101 Å². The first-order valence-corrected chi connectivity index (χ1v) is 5.89. The second-order valence-corrected chi connectivity index (χ2v) is 4.66. The van der Waals surface area contributed by atoms with Gasteiger partial charge >= 0.3 is 0 Å². The summed E-state index contributed by atoms with van der Waals surface area (Å²) in [6.45, 7) is 5.00. The standard InChI is InChI=1S/C13H19N3O/c1-9(2)12(7-14)16(3)10-4-5-11-13(6-10)17-8-15-11/h4-6,8-9,12H,7,14H2,1-3H3. The van der Waals surface area contributed by atoms with Crippen molar-refractivity contribution in [3.05, 3.63) is 24.6 Å². The van der Waals surface area contributed by atoms with Crippen LogP contribution in [0.2, 0.25) is 0 Å². The van der Waals surface area contributed by atoms with E-state index in [1.54, 1.807) is 0 Å². The van der Waals surface area contributed by atoms with E-state index in [0.717, 1.165) is 16.8 Å². The van der Waals surface area contributed by atoms with E-state index in [2.05, 4.69) is 36.8 Å². The van der Waals surface area contributed by atoms with Gasteiger partial charge < -0.3 is 15.1 Å². The zero-order valence-corrected chi connectivity index (χ0v) is 10.6. The van der Waals surface area contributed by atoms with E-state index in [0.29, 0.717) is 18.5 Å². The monoisotopic (exact) mass is 233 g/mol. The summed E-state index contributed by atoms with van der Waals surface area (Å²) in [5, 5.41) is 0. The molecule has 0 aliphatic rings.